The first-order chi connectivity index (χ1) is 14.4. The Morgan fingerprint density at radius 1 is 1.23 bits per heavy atom. The Balaban J connectivity index is 1.92. The van der Waals surface area contributed by atoms with E-state index in [1.807, 2.05) is 37.4 Å². The van der Waals surface area contributed by atoms with Crippen LogP contribution in [0.1, 0.15) is 34.1 Å². The average molecular weight is 423 g/mol. The van der Waals surface area contributed by atoms with Crippen molar-refractivity contribution in [2.45, 2.75) is 26.8 Å². The highest BCUT2D eigenvalue weighted by atomic mass is 32.2. The fourth-order valence-corrected chi connectivity index (χ4v) is 3.36. The summed E-state index contributed by atoms with van der Waals surface area (Å²) in [6.45, 7) is 4.55. The van der Waals surface area contributed by atoms with Gasteiger partial charge in [0.2, 0.25) is 0 Å². The maximum atomic E-state index is 13.3. The van der Waals surface area contributed by atoms with Crippen LogP contribution in [0, 0.1) is 6.92 Å². The molecular formula is C22H26N6OS. The summed E-state index contributed by atoms with van der Waals surface area (Å²) in [5.74, 6) is 0.341. The lowest BCUT2D eigenvalue weighted by Gasteiger charge is -2.23. The van der Waals surface area contributed by atoms with Gasteiger partial charge in [-0.25, -0.2) is 4.98 Å². The van der Waals surface area contributed by atoms with Crippen LogP contribution >= 0.6 is 11.9 Å². The summed E-state index contributed by atoms with van der Waals surface area (Å²) in [5.41, 5.74) is 16.6. The van der Waals surface area contributed by atoms with E-state index in [0.29, 0.717) is 23.6 Å². The number of amides is 1. The van der Waals surface area contributed by atoms with Gasteiger partial charge >= 0.3 is 0 Å². The number of nitrogens with zero attached hydrogens (tertiary/aromatic N) is 3. The number of hydrogen-bond acceptors (Lipinski definition) is 7. The van der Waals surface area contributed by atoms with Gasteiger partial charge in [0, 0.05) is 28.3 Å². The van der Waals surface area contributed by atoms with Crippen molar-refractivity contribution in [3.63, 3.8) is 0 Å². The van der Waals surface area contributed by atoms with E-state index in [1.54, 1.807) is 22.4 Å². The highest BCUT2D eigenvalue weighted by molar-refractivity contribution is 8.00. The number of aryl methyl sites for hydroxylation is 2. The van der Waals surface area contributed by atoms with Crippen LogP contribution in [0.25, 0.3) is 10.9 Å². The number of rotatable bonds is 7. The molecule has 3 rings (SSSR count). The molecule has 0 fully saturated rings. The molecule has 30 heavy (non-hydrogen) atoms. The molecule has 2 heterocycles. The molecule has 1 aromatic carbocycles. The van der Waals surface area contributed by atoms with Crippen molar-refractivity contribution in [3.05, 3.63) is 76.1 Å². The van der Waals surface area contributed by atoms with E-state index in [9.17, 15) is 4.79 Å². The standard InChI is InChI=1S/C22H26N6OS/c1-3-15-4-6-19(26-10-15)12-28(11-18(23)13-30-25)22(29)16-5-7-20-17(9-16)8-14(2)21(24)27-20/h4-10,13H,3,11-12,23,25H2,1-2H3,(H2,24,27)/b18-13-. The lowest BCUT2D eigenvalue weighted by molar-refractivity contribution is 0.0756. The molecule has 3 aromatic rings. The molecule has 0 atom stereocenters. The molecule has 0 radical (unpaired) electrons. The van der Waals surface area contributed by atoms with E-state index in [0.717, 1.165) is 46.1 Å². The highest BCUT2D eigenvalue weighted by Gasteiger charge is 2.18. The Morgan fingerprint density at radius 2 is 2.03 bits per heavy atom. The number of aromatic nitrogens is 2. The lowest BCUT2D eigenvalue weighted by Crippen LogP contribution is -2.34. The number of carbonyl (C=O) groups excluding carboxylic acids is 1. The number of fused-ring (bicyclic) bond motifs is 1. The van der Waals surface area contributed by atoms with Crippen molar-refractivity contribution in [2.75, 3.05) is 12.3 Å². The number of nitrogens with two attached hydrogens (primary N) is 3. The fourth-order valence-electron chi connectivity index (χ4n) is 3.11. The summed E-state index contributed by atoms with van der Waals surface area (Å²) in [4.78, 5) is 23.9. The second-order valence-corrected chi connectivity index (χ2v) is 7.61. The number of benzene rings is 1. The molecule has 0 saturated carbocycles. The maximum Gasteiger partial charge on any atom is 0.254 e. The molecule has 0 saturated heterocycles. The summed E-state index contributed by atoms with van der Waals surface area (Å²) in [6.07, 6.45) is 2.75. The Morgan fingerprint density at radius 3 is 2.70 bits per heavy atom. The summed E-state index contributed by atoms with van der Waals surface area (Å²) < 4.78 is 0. The molecule has 156 valence electrons. The molecule has 0 bridgehead atoms. The Bertz CT molecular complexity index is 1080. The van der Waals surface area contributed by atoms with Gasteiger partial charge < -0.3 is 16.4 Å². The van der Waals surface area contributed by atoms with E-state index in [4.69, 9.17) is 16.6 Å². The molecular weight excluding hydrogens is 396 g/mol. The van der Waals surface area contributed by atoms with Crippen LogP contribution in [0.15, 0.2) is 53.7 Å². The van der Waals surface area contributed by atoms with Crippen molar-refractivity contribution >= 4 is 34.6 Å². The number of nitrogen functional groups attached to an aromatic ring is 1. The van der Waals surface area contributed by atoms with Crippen LogP contribution in [-0.4, -0.2) is 27.3 Å². The second-order valence-electron chi connectivity index (χ2n) is 7.10. The molecule has 0 aliphatic heterocycles. The SMILES string of the molecule is CCc1ccc(CN(C/C(N)=C/SN)C(=O)c2ccc3nc(N)c(C)cc3c2)nc1. The second kappa shape index (κ2) is 9.60. The minimum Gasteiger partial charge on any atom is -0.400 e. The van der Waals surface area contributed by atoms with E-state index < -0.39 is 0 Å². The molecule has 6 N–H and O–H groups in total. The normalized spacial score (nSPS) is 11.6. The van der Waals surface area contributed by atoms with Gasteiger partial charge in [-0.15, -0.1) is 0 Å². The summed E-state index contributed by atoms with van der Waals surface area (Å²) in [6, 6.07) is 11.3. The Kier molecular flexibility index (Phi) is 6.91. The van der Waals surface area contributed by atoms with Crippen molar-refractivity contribution in [1.29, 1.82) is 0 Å². The van der Waals surface area contributed by atoms with Gasteiger partial charge in [-0.3, -0.25) is 14.9 Å². The summed E-state index contributed by atoms with van der Waals surface area (Å²) in [7, 11) is 0. The third kappa shape index (κ3) is 5.08. The minimum atomic E-state index is -0.147. The first-order valence-corrected chi connectivity index (χ1v) is 10.6. The minimum absolute atomic E-state index is 0.147. The third-order valence-corrected chi connectivity index (χ3v) is 5.26. The largest absolute Gasteiger partial charge is 0.400 e. The van der Waals surface area contributed by atoms with Crippen LogP contribution in [0.4, 0.5) is 5.82 Å². The van der Waals surface area contributed by atoms with Crippen LogP contribution in [0.3, 0.4) is 0 Å². The van der Waals surface area contributed by atoms with Crippen LogP contribution in [0.5, 0.6) is 0 Å². The molecule has 0 aliphatic carbocycles. The Labute approximate surface area is 180 Å². The van der Waals surface area contributed by atoms with Crippen LogP contribution in [0.2, 0.25) is 0 Å². The summed E-state index contributed by atoms with van der Waals surface area (Å²) in [5, 5.41) is 7.98. The van der Waals surface area contributed by atoms with Gasteiger partial charge in [-0.1, -0.05) is 24.9 Å². The molecule has 8 heteroatoms. The molecule has 0 unspecified atom stereocenters. The maximum absolute atomic E-state index is 13.3. The average Bonchev–Trinajstić information content (AvgIpc) is 2.74. The quantitative estimate of drug-likeness (QED) is 0.500. The fraction of sp³-hybridized carbons (Fsp3) is 0.227. The Hall–Kier alpha value is -3.10. The van der Waals surface area contributed by atoms with E-state index in [1.165, 1.54) is 0 Å². The van der Waals surface area contributed by atoms with Gasteiger partial charge in [0.1, 0.15) is 5.82 Å². The molecule has 7 nitrogen and oxygen atoms in total. The zero-order valence-corrected chi connectivity index (χ0v) is 17.9. The molecule has 0 aliphatic rings. The summed E-state index contributed by atoms with van der Waals surface area (Å²) >= 11 is 1.01. The number of carbonyl (C=O) groups is 1. The first kappa shape index (κ1) is 21.6. The highest BCUT2D eigenvalue weighted by Crippen LogP contribution is 2.21. The van der Waals surface area contributed by atoms with E-state index >= 15 is 0 Å². The lowest BCUT2D eigenvalue weighted by atomic mass is 10.1. The van der Waals surface area contributed by atoms with Crippen LogP contribution in [-0.2, 0) is 13.0 Å². The monoisotopic (exact) mass is 422 g/mol. The first-order valence-electron chi connectivity index (χ1n) is 9.61. The molecule has 1 amide bonds. The zero-order valence-electron chi connectivity index (χ0n) is 17.1. The van der Waals surface area contributed by atoms with Crippen molar-refractivity contribution in [3.8, 4) is 0 Å². The van der Waals surface area contributed by atoms with Gasteiger partial charge in [0.15, 0.2) is 0 Å². The van der Waals surface area contributed by atoms with E-state index in [-0.39, 0.29) is 12.5 Å². The van der Waals surface area contributed by atoms with Crippen molar-refractivity contribution in [1.82, 2.24) is 14.9 Å². The van der Waals surface area contributed by atoms with E-state index in [2.05, 4.69) is 16.9 Å². The number of hydrogen-bond donors (Lipinski definition) is 3. The van der Waals surface area contributed by atoms with Crippen molar-refractivity contribution in [2.24, 2.45) is 10.9 Å². The smallest absolute Gasteiger partial charge is 0.254 e. The van der Waals surface area contributed by atoms with Gasteiger partial charge in [0.05, 0.1) is 24.3 Å². The number of pyridine rings is 2. The topological polar surface area (TPSA) is 124 Å². The molecule has 0 spiro atoms. The van der Waals surface area contributed by atoms with Gasteiger partial charge in [0.25, 0.3) is 5.91 Å². The van der Waals surface area contributed by atoms with Crippen LogP contribution < -0.4 is 16.6 Å². The zero-order chi connectivity index (χ0) is 21.7. The number of anilines is 1. The predicted molar refractivity (Wildman–Crippen MR) is 123 cm³/mol. The third-order valence-electron chi connectivity index (χ3n) is 4.82. The van der Waals surface area contributed by atoms with Gasteiger partial charge in [-0.2, -0.15) is 0 Å². The predicted octanol–water partition coefficient (Wildman–Crippen LogP) is 3.13. The molecule has 2 aromatic heterocycles. The van der Waals surface area contributed by atoms with Gasteiger partial charge in [-0.05, 0) is 54.8 Å². The van der Waals surface area contributed by atoms with Crippen molar-refractivity contribution < 1.29 is 4.79 Å².